The quantitative estimate of drug-likeness (QED) is 0.541. The molecule has 0 aliphatic heterocycles. The standard InChI is InChI=1S/C26H33ClN2O4/c1-18(26(31)28-21-9-5-6-10-21)29(17-20-8-4-7-11-22(20)27)25(30)15-13-19-12-14-23(32-2)24(16-19)33-3/h4,7-8,11-12,14,16,18,21H,5-6,9-10,13,15,17H2,1-3H3,(H,28,31). The number of aryl methyl sites for hydroxylation is 1. The van der Waals surface area contributed by atoms with Crippen molar-refractivity contribution in [2.24, 2.45) is 0 Å². The molecule has 33 heavy (non-hydrogen) atoms. The Kier molecular flexibility index (Phi) is 9.01. The van der Waals surface area contributed by atoms with E-state index in [0.29, 0.717) is 22.9 Å². The molecule has 7 heteroatoms. The van der Waals surface area contributed by atoms with Gasteiger partial charge in [-0.05, 0) is 55.5 Å². The molecule has 0 bridgehead atoms. The number of carbonyl (C=O) groups is 2. The normalized spacial score (nSPS) is 14.5. The molecule has 2 aromatic rings. The van der Waals surface area contributed by atoms with Gasteiger partial charge in [0.15, 0.2) is 11.5 Å². The second kappa shape index (κ2) is 11.9. The lowest BCUT2D eigenvalue weighted by atomic mass is 10.1. The van der Waals surface area contributed by atoms with Crippen LogP contribution in [-0.4, -0.2) is 43.0 Å². The maximum Gasteiger partial charge on any atom is 0.242 e. The van der Waals surface area contributed by atoms with E-state index in [4.69, 9.17) is 21.1 Å². The van der Waals surface area contributed by atoms with E-state index in [9.17, 15) is 9.59 Å². The first-order valence-electron chi connectivity index (χ1n) is 11.5. The van der Waals surface area contributed by atoms with Gasteiger partial charge < -0.3 is 19.7 Å². The van der Waals surface area contributed by atoms with E-state index in [1.165, 1.54) is 0 Å². The molecule has 1 N–H and O–H groups in total. The summed E-state index contributed by atoms with van der Waals surface area (Å²) in [7, 11) is 3.18. The first-order chi connectivity index (χ1) is 15.9. The van der Waals surface area contributed by atoms with Crippen LogP contribution in [0.3, 0.4) is 0 Å². The molecule has 0 radical (unpaired) electrons. The summed E-state index contributed by atoms with van der Waals surface area (Å²) in [5, 5.41) is 3.70. The second-order valence-corrected chi connectivity index (χ2v) is 8.88. The van der Waals surface area contributed by atoms with Crippen LogP contribution in [0.1, 0.15) is 50.2 Å². The second-order valence-electron chi connectivity index (χ2n) is 8.47. The summed E-state index contributed by atoms with van der Waals surface area (Å²) in [6, 6.07) is 12.7. The Morgan fingerprint density at radius 2 is 1.79 bits per heavy atom. The average molecular weight is 473 g/mol. The van der Waals surface area contributed by atoms with Crippen molar-refractivity contribution in [3.8, 4) is 11.5 Å². The summed E-state index contributed by atoms with van der Waals surface area (Å²) in [5.41, 5.74) is 1.78. The van der Waals surface area contributed by atoms with E-state index in [1.54, 1.807) is 32.1 Å². The van der Waals surface area contributed by atoms with Gasteiger partial charge in [0, 0.05) is 24.0 Å². The third-order valence-electron chi connectivity index (χ3n) is 6.24. The number of hydrogen-bond donors (Lipinski definition) is 1. The van der Waals surface area contributed by atoms with Crippen molar-refractivity contribution < 1.29 is 19.1 Å². The van der Waals surface area contributed by atoms with Gasteiger partial charge in [0.2, 0.25) is 11.8 Å². The fourth-order valence-corrected chi connectivity index (χ4v) is 4.41. The molecule has 1 unspecified atom stereocenters. The van der Waals surface area contributed by atoms with Crippen LogP contribution in [0.5, 0.6) is 11.5 Å². The van der Waals surface area contributed by atoms with Crippen LogP contribution in [0.25, 0.3) is 0 Å². The summed E-state index contributed by atoms with van der Waals surface area (Å²) in [4.78, 5) is 28.0. The Bertz CT molecular complexity index is 959. The van der Waals surface area contributed by atoms with Crippen molar-refractivity contribution >= 4 is 23.4 Å². The van der Waals surface area contributed by atoms with Gasteiger partial charge in [-0.25, -0.2) is 0 Å². The van der Waals surface area contributed by atoms with E-state index < -0.39 is 6.04 Å². The largest absolute Gasteiger partial charge is 0.493 e. The van der Waals surface area contributed by atoms with Crippen molar-refractivity contribution in [2.75, 3.05) is 14.2 Å². The number of amides is 2. The van der Waals surface area contributed by atoms with Gasteiger partial charge in [-0.1, -0.05) is 48.7 Å². The zero-order valence-corrected chi connectivity index (χ0v) is 20.4. The Labute approximate surface area is 201 Å². The van der Waals surface area contributed by atoms with Gasteiger partial charge >= 0.3 is 0 Å². The molecular formula is C26H33ClN2O4. The number of rotatable bonds is 10. The fraction of sp³-hybridized carbons (Fsp3) is 0.462. The molecule has 0 heterocycles. The smallest absolute Gasteiger partial charge is 0.242 e. The molecule has 1 aliphatic carbocycles. The SMILES string of the molecule is COc1ccc(CCC(=O)N(Cc2ccccc2Cl)C(C)C(=O)NC2CCCC2)cc1OC. The molecule has 3 rings (SSSR count). The zero-order valence-electron chi connectivity index (χ0n) is 19.6. The minimum Gasteiger partial charge on any atom is -0.493 e. The topological polar surface area (TPSA) is 67.9 Å². The zero-order chi connectivity index (χ0) is 23.8. The van der Waals surface area contributed by atoms with Crippen molar-refractivity contribution in [2.45, 2.75) is 64.1 Å². The highest BCUT2D eigenvalue weighted by atomic mass is 35.5. The van der Waals surface area contributed by atoms with Gasteiger partial charge in [0.1, 0.15) is 6.04 Å². The number of ether oxygens (including phenoxy) is 2. The Morgan fingerprint density at radius 1 is 1.09 bits per heavy atom. The van der Waals surface area contributed by atoms with Crippen molar-refractivity contribution in [1.29, 1.82) is 0 Å². The Hall–Kier alpha value is -2.73. The van der Waals surface area contributed by atoms with Crippen LogP contribution in [-0.2, 0) is 22.6 Å². The number of carbonyl (C=O) groups excluding carboxylic acids is 2. The van der Waals surface area contributed by atoms with E-state index in [1.807, 2.05) is 36.4 Å². The molecule has 1 saturated carbocycles. The monoisotopic (exact) mass is 472 g/mol. The molecule has 6 nitrogen and oxygen atoms in total. The molecule has 2 aromatic carbocycles. The van der Waals surface area contributed by atoms with Crippen LogP contribution >= 0.6 is 11.6 Å². The highest BCUT2D eigenvalue weighted by Crippen LogP contribution is 2.28. The Balaban J connectivity index is 1.73. The molecule has 0 spiro atoms. The maximum atomic E-state index is 13.3. The molecule has 0 saturated heterocycles. The van der Waals surface area contributed by atoms with Crippen molar-refractivity contribution in [3.05, 3.63) is 58.6 Å². The van der Waals surface area contributed by atoms with E-state index in [-0.39, 0.29) is 30.8 Å². The number of nitrogens with one attached hydrogen (secondary N) is 1. The van der Waals surface area contributed by atoms with E-state index in [0.717, 1.165) is 36.8 Å². The molecule has 0 aromatic heterocycles. The van der Waals surface area contributed by atoms with Crippen LogP contribution in [0, 0.1) is 0 Å². The van der Waals surface area contributed by atoms with Crippen molar-refractivity contribution in [1.82, 2.24) is 10.2 Å². The van der Waals surface area contributed by atoms with Gasteiger partial charge in [0.25, 0.3) is 0 Å². The summed E-state index contributed by atoms with van der Waals surface area (Å²) >= 11 is 6.37. The lowest BCUT2D eigenvalue weighted by Crippen LogP contribution is -2.49. The Morgan fingerprint density at radius 3 is 2.45 bits per heavy atom. The van der Waals surface area contributed by atoms with Gasteiger partial charge in [-0.15, -0.1) is 0 Å². The first kappa shape index (κ1) is 24.9. The fourth-order valence-electron chi connectivity index (χ4n) is 4.22. The van der Waals surface area contributed by atoms with Gasteiger partial charge in [-0.3, -0.25) is 9.59 Å². The predicted octanol–water partition coefficient (Wildman–Crippen LogP) is 4.77. The van der Waals surface area contributed by atoms with Crippen LogP contribution in [0.15, 0.2) is 42.5 Å². The summed E-state index contributed by atoms with van der Waals surface area (Å²) in [6.45, 7) is 2.07. The van der Waals surface area contributed by atoms with Crippen LogP contribution in [0.2, 0.25) is 5.02 Å². The lowest BCUT2D eigenvalue weighted by molar-refractivity contribution is -0.140. The minimum absolute atomic E-state index is 0.0984. The molecule has 1 fully saturated rings. The summed E-state index contributed by atoms with van der Waals surface area (Å²) in [6.07, 6.45) is 5.04. The third kappa shape index (κ3) is 6.64. The number of methoxy groups -OCH3 is 2. The van der Waals surface area contributed by atoms with Gasteiger partial charge in [0.05, 0.1) is 14.2 Å². The molecular weight excluding hydrogens is 440 g/mol. The molecule has 2 amide bonds. The molecule has 1 atom stereocenters. The van der Waals surface area contributed by atoms with E-state index >= 15 is 0 Å². The maximum absolute atomic E-state index is 13.3. The highest BCUT2D eigenvalue weighted by molar-refractivity contribution is 6.31. The van der Waals surface area contributed by atoms with Gasteiger partial charge in [-0.2, -0.15) is 0 Å². The minimum atomic E-state index is -0.597. The molecule has 178 valence electrons. The molecule has 1 aliphatic rings. The van der Waals surface area contributed by atoms with E-state index in [2.05, 4.69) is 5.32 Å². The summed E-state index contributed by atoms with van der Waals surface area (Å²) < 4.78 is 10.7. The van der Waals surface area contributed by atoms with Crippen LogP contribution < -0.4 is 14.8 Å². The van der Waals surface area contributed by atoms with Crippen molar-refractivity contribution in [3.63, 3.8) is 0 Å². The number of hydrogen-bond acceptors (Lipinski definition) is 4. The number of halogens is 1. The average Bonchev–Trinajstić information content (AvgIpc) is 3.34. The highest BCUT2D eigenvalue weighted by Gasteiger charge is 2.28. The summed E-state index contributed by atoms with van der Waals surface area (Å²) in [5.74, 6) is 1.05. The third-order valence-corrected chi connectivity index (χ3v) is 6.61. The number of nitrogens with zero attached hydrogens (tertiary/aromatic N) is 1. The van der Waals surface area contributed by atoms with Crippen LogP contribution in [0.4, 0.5) is 0 Å². The predicted molar refractivity (Wildman–Crippen MR) is 130 cm³/mol. The lowest BCUT2D eigenvalue weighted by Gasteiger charge is -2.30. The first-order valence-corrected chi connectivity index (χ1v) is 11.8. The number of benzene rings is 2.